The van der Waals surface area contributed by atoms with Crippen LogP contribution >= 0.6 is 0 Å². The van der Waals surface area contributed by atoms with Gasteiger partial charge in [0.05, 0.1) is 23.0 Å². The van der Waals surface area contributed by atoms with E-state index in [1.807, 2.05) is 28.8 Å². The number of halogens is 5. The lowest BCUT2D eigenvalue weighted by atomic mass is 9.98. The second kappa shape index (κ2) is 8.77. The summed E-state index contributed by atoms with van der Waals surface area (Å²) < 4.78 is 77.3. The van der Waals surface area contributed by atoms with Crippen molar-refractivity contribution >= 4 is 39.6 Å². The minimum absolute atomic E-state index is 0.0296. The Kier molecular flexibility index (Phi) is 5.45. The molecule has 0 atom stereocenters. The fraction of sp³-hybridized carbons (Fsp3) is 0.296. The van der Waals surface area contributed by atoms with Crippen molar-refractivity contribution < 1.29 is 36.3 Å². The number of imidazole rings is 1. The zero-order valence-corrected chi connectivity index (χ0v) is 21.2. The van der Waals surface area contributed by atoms with Gasteiger partial charge in [-0.15, -0.1) is 0 Å². The summed E-state index contributed by atoms with van der Waals surface area (Å²) in [4.78, 5) is 32.1. The molecule has 1 aromatic carbocycles. The first-order chi connectivity index (χ1) is 19.5. The van der Waals surface area contributed by atoms with Crippen molar-refractivity contribution in [2.45, 2.75) is 25.3 Å². The number of ether oxygens (including phenoxy) is 1. The number of hydrogen-bond acceptors (Lipinski definition) is 4. The summed E-state index contributed by atoms with van der Waals surface area (Å²) in [6.45, 7) is -2.51. The molecule has 1 saturated heterocycles. The van der Waals surface area contributed by atoms with Gasteiger partial charge in [0.25, 0.3) is 5.91 Å². The molecule has 14 heteroatoms. The van der Waals surface area contributed by atoms with Gasteiger partial charge in [-0.3, -0.25) is 13.9 Å². The first-order valence-corrected chi connectivity index (χ1v) is 12.7. The first kappa shape index (κ1) is 25.5. The third-order valence-electron chi connectivity index (χ3n) is 7.53. The molecule has 0 spiro atoms. The van der Waals surface area contributed by atoms with Crippen LogP contribution in [0.4, 0.5) is 26.7 Å². The molecule has 3 amide bonds. The molecule has 9 nitrogen and oxygen atoms in total. The molecule has 3 aliphatic rings. The monoisotopic (exact) mass is 572 g/mol. The van der Waals surface area contributed by atoms with Gasteiger partial charge in [-0.25, -0.2) is 14.2 Å². The summed E-state index contributed by atoms with van der Waals surface area (Å²) in [6.07, 6.45) is -3.24. The third-order valence-corrected chi connectivity index (χ3v) is 7.53. The number of nitrogens with one attached hydrogen (secondary N) is 1. The highest BCUT2D eigenvalue weighted by atomic mass is 19.3. The lowest BCUT2D eigenvalue weighted by Gasteiger charge is -2.39. The van der Waals surface area contributed by atoms with E-state index < -0.39 is 37.2 Å². The van der Waals surface area contributed by atoms with E-state index in [1.165, 1.54) is 12.1 Å². The topological polar surface area (TPSA) is 84.1 Å². The molecule has 3 aliphatic heterocycles. The number of urea groups is 1. The van der Waals surface area contributed by atoms with Gasteiger partial charge in [-0.1, -0.05) is 6.07 Å². The molecule has 7 rings (SSSR count). The Morgan fingerprint density at radius 2 is 1.83 bits per heavy atom. The van der Waals surface area contributed by atoms with Crippen LogP contribution in [0, 0.1) is 5.82 Å². The Hall–Kier alpha value is -4.46. The average molecular weight is 572 g/mol. The van der Waals surface area contributed by atoms with E-state index in [2.05, 4.69) is 15.0 Å². The predicted molar refractivity (Wildman–Crippen MR) is 135 cm³/mol. The molecular weight excluding hydrogens is 551 g/mol. The van der Waals surface area contributed by atoms with Crippen LogP contribution in [0.5, 0.6) is 0 Å². The van der Waals surface area contributed by atoms with Crippen molar-refractivity contribution in [1.82, 2.24) is 29.1 Å². The molecule has 0 radical (unpaired) electrons. The molecule has 0 bridgehead atoms. The molecular formula is C27H21F5N6O3. The van der Waals surface area contributed by atoms with Crippen molar-refractivity contribution in [2.24, 2.45) is 0 Å². The van der Waals surface area contributed by atoms with E-state index in [-0.39, 0.29) is 32.1 Å². The van der Waals surface area contributed by atoms with Crippen molar-refractivity contribution in [2.75, 3.05) is 26.2 Å². The van der Waals surface area contributed by atoms with Gasteiger partial charge in [-0.05, 0) is 29.8 Å². The van der Waals surface area contributed by atoms with Gasteiger partial charge >= 0.3 is 18.2 Å². The van der Waals surface area contributed by atoms with E-state index in [4.69, 9.17) is 0 Å². The molecule has 1 fully saturated rings. The second-order valence-corrected chi connectivity index (χ2v) is 10.2. The largest absolute Gasteiger partial charge is 0.377 e. The lowest BCUT2D eigenvalue weighted by molar-refractivity contribution is -0.400. The number of carbonyl (C=O) groups is 2. The zero-order chi connectivity index (χ0) is 28.7. The summed E-state index contributed by atoms with van der Waals surface area (Å²) in [5, 5.41) is 3.27. The maximum Gasteiger partial charge on any atom is 0.377 e. The fourth-order valence-electron chi connectivity index (χ4n) is 5.92. The SMILES string of the molecule is O=C1NCC(c2cnc3ccccn23)=C1c1cn2c3c(cc(F)cc13)CN(C(=O)N1CC(F)(F)OC(F)(F)C1)CC2. The summed E-state index contributed by atoms with van der Waals surface area (Å²) in [7, 11) is 0. The molecule has 212 valence electrons. The first-order valence-electron chi connectivity index (χ1n) is 12.7. The average Bonchev–Trinajstić information content (AvgIpc) is 3.55. The Bertz CT molecular complexity index is 1780. The zero-order valence-electron chi connectivity index (χ0n) is 21.2. The molecule has 3 aromatic heterocycles. The van der Waals surface area contributed by atoms with E-state index >= 15 is 4.39 Å². The smallest absolute Gasteiger partial charge is 0.348 e. The summed E-state index contributed by atoms with van der Waals surface area (Å²) in [6, 6.07) is 7.00. The van der Waals surface area contributed by atoms with Gasteiger partial charge in [0, 0.05) is 55.1 Å². The standard InChI is InChI=1S/C27H21F5N6O3/c28-16-7-15-11-36(25(40)37-13-26(29,30)41-27(31,32)14-37)6-5-35-12-19(17(8-16)23(15)35)22-18(9-34-24(22)39)20-10-33-21-3-1-2-4-38(20)21/h1-4,7-8,10,12H,5-6,9,11,13-14H2,(H,34,39). The van der Waals surface area contributed by atoms with E-state index in [9.17, 15) is 27.2 Å². The number of carbonyl (C=O) groups excluding carboxylic acids is 2. The van der Waals surface area contributed by atoms with Crippen LogP contribution in [0.1, 0.15) is 16.8 Å². The molecule has 6 heterocycles. The quantitative estimate of drug-likeness (QED) is 0.369. The maximum atomic E-state index is 15.0. The Morgan fingerprint density at radius 1 is 1.05 bits per heavy atom. The van der Waals surface area contributed by atoms with Crippen LogP contribution in [0.15, 0.2) is 48.9 Å². The molecule has 1 N–H and O–H groups in total. The summed E-state index contributed by atoms with van der Waals surface area (Å²) in [5.41, 5.74) is 3.83. The molecule has 41 heavy (non-hydrogen) atoms. The third kappa shape index (κ3) is 4.20. The van der Waals surface area contributed by atoms with Gasteiger partial charge in [0.2, 0.25) is 0 Å². The highest BCUT2D eigenvalue weighted by molar-refractivity contribution is 6.32. The van der Waals surface area contributed by atoms with Crippen molar-refractivity contribution in [3.63, 3.8) is 0 Å². The Labute approximate surface area is 228 Å². The molecule has 4 aromatic rings. The highest BCUT2D eigenvalue weighted by Gasteiger charge is 2.53. The van der Waals surface area contributed by atoms with Gasteiger partial charge < -0.3 is 19.7 Å². The van der Waals surface area contributed by atoms with Crippen LogP contribution in [-0.2, 0) is 22.6 Å². The Morgan fingerprint density at radius 3 is 2.61 bits per heavy atom. The maximum absolute atomic E-state index is 15.0. The van der Waals surface area contributed by atoms with Crippen molar-refractivity contribution in [3.05, 3.63) is 71.6 Å². The van der Waals surface area contributed by atoms with Crippen LogP contribution < -0.4 is 5.32 Å². The van der Waals surface area contributed by atoms with E-state index in [1.54, 1.807) is 17.0 Å². The lowest BCUT2D eigenvalue weighted by Crippen LogP contribution is -2.59. The van der Waals surface area contributed by atoms with Gasteiger partial charge in [-0.2, -0.15) is 17.6 Å². The molecule has 0 aliphatic carbocycles. The summed E-state index contributed by atoms with van der Waals surface area (Å²) in [5.74, 6) is -0.973. The number of nitrogens with zero attached hydrogens (tertiary/aromatic N) is 5. The van der Waals surface area contributed by atoms with Crippen LogP contribution in [0.25, 0.3) is 27.7 Å². The van der Waals surface area contributed by atoms with Gasteiger partial charge in [0.1, 0.15) is 24.6 Å². The van der Waals surface area contributed by atoms with E-state index in [0.717, 1.165) is 4.90 Å². The van der Waals surface area contributed by atoms with Crippen LogP contribution in [-0.4, -0.2) is 74.1 Å². The number of rotatable bonds is 2. The highest BCUT2D eigenvalue weighted by Crippen LogP contribution is 2.39. The number of pyridine rings is 1. The number of fused-ring (bicyclic) bond motifs is 1. The number of aromatic nitrogens is 3. The van der Waals surface area contributed by atoms with Crippen molar-refractivity contribution in [3.8, 4) is 0 Å². The fourth-order valence-corrected chi connectivity index (χ4v) is 5.92. The van der Waals surface area contributed by atoms with E-state index in [0.29, 0.717) is 49.4 Å². The van der Waals surface area contributed by atoms with Crippen LogP contribution in [0.2, 0.25) is 0 Å². The number of amides is 3. The summed E-state index contributed by atoms with van der Waals surface area (Å²) >= 11 is 0. The minimum Gasteiger partial charge on any atom is -0.348 e. The van der Waals surface area contributed by atoms with Gasteiger partial charge in [0.15, 0.2) is 0 Å². The molecule has 0 unspecified atom stereocenters. The number of morpholine rings is 1. The normalized spacial score (nSPS) is 20.2. The predicted octanol–water partition coefficient (Wildman–Crippen LogP) is 3.92. The number of hydrogen-bond donors (Lipinski definition) is 1. The second-order valence-electron chi connectivity index (χ2n) is 10.2. The minimum atomic E-state index is -4.22. The van der Waals surface area contributed by atoms with Crippen molar-refractivity contribution in [1.29, 1.82) is 0 Å². The number of alkyl halides is 4. The molecule has 0 saturated carbocycles. The Balaban J connectivity index is 1.30. The number of benzene rings is 1. The van der Waals surface area contributed by atoms with Crippen LogP contribution in [0.3, 0.4) is 0 Å².